The third kappa shape index (κ3) is 5.52. The van der Waals surface area contributed by atoms with Crippen LogP contribution < -0.4 is 20.1 Å². The fraction of sp³-hybridized carbons (Fsp3) is 0.278. The van der Waals surface area contributed by atoms with Gasteiger partial charge in [-0.3, -0.25) is 0 Å². The zero-order valence-electron chi connectivity index (χ0n) is 14.3. The van der Waals surface area contributed by atoms with Crippen LogP contribution in [-0.4, -0.2) is 18.8 Å². The van der Waals surface area contributed by atoms with Crippen molar-refractivity contribution in [2.75, 3.05) is 19.0 Å². The molecule has 0 amide bonds. The number of hydrogen-bond acceptors (Lipinski definition) is 3. The van der Waals surface area contributed by atoms with Crippen molar-refractivity contribution < 1.29 is 22.6 Å². The van der Waals surface area contributed by atoms with Gasteiger partial charge in [-0.05, 0) is 55.0 Å². The lowest BCUT2D eigenvalue weighted by Crippen LogP contribution is -2.28. The summed E-state index contributed by atoms with van der Waals surface area (Å²) in [5.74, 6) is 1.24. The van der Waals surface area contributed by atoms with Crippen LogP contribution in [0, 0.1) is 0 Å². The number of benzene rings is 2. The van der Waals surface area contributed by atoms with Crippen molar-refractivity contribution >= 4 is 23.0 Å². The van der Waals surface area contributed by atoms with Gasteiger partial charge in [0.1, 0.15) is 0 Å². The first kappa shape index (κ1) is 19.8. The van der Waals surface area contributed by atoms with Crippen molar-refractivity contribution in [3.63, 3.8) is 0 Å². The lowest BCUT2D eigenvalue weighted by molar-refractivity contribution is -0.137. The summed E-state index contributed by atoms with van der Waals surface area (Å²) in [6.45, 7) is 2.79. The summed E-state index contributed by atoms with van der Waals surface area (Å²) < 4.78 is 48.9. The van der Waals surface area contributed by atoms with E-state index in [-0.39, 0.29) is 10.8 Å². The highest BCUT2D eigenvalue weighted by Gasteiger charge is 2.30. The summed E-state index contributed by atoms with van der Waals surface area (Å²) in [5, 5.41) is 5.92. The Morgan fingerprint density at radius 2 is 1.88 bits per heavy atom. The number of rotatable bonds is 6. The molecule has 0 bridgehead atoms. The molecule has 0 spiro atoms. The molecule has 0 aromatic heterocycles. The van der Waals surface area contributed by atoms with Gasteiger partial charge in [-0.1, -0.05) is 12.1 Å². The van der Waals surface area contributed by atoms with Gasteiger partial charge in [-0.2, -0.15) is 13.2 Å². The summed E-state index contributed by atoms with van der Waals surface area (Å²) in [6.07, 6.45) is -4.40. The van der Waals surface area contributed by atoms with E-state index in [1.165, 1.54) is 12.1 Å². The van der Waals surface area contributed by atoms with E-state index in [0.29, 0.717) is 24.7 Å². The normalized spacial score (nSPS) is 11.0. The predicted octanol–water partition coefficient (Wildman–Crippen LogP) is 4.60. The first-order valence-corrected chi connectivity index (χ1v) is 8.26. The molecule has 0 aliphatic heterocycles. The Hall–Kier alpha value is -2.48. The van der Waals surface area contributed by atoms with Gasteiger partial charge in [0.2, 0.25) is 0 Å². The number of ether oxygens (including phenoxy) is 2. The van der Waals surface area contributed by atoms with Crippen molar-refractivity contribution in [2.45, 2.75) is 19.6 Å². The molecule has 4 nitrogen and oxygen atoms in total. The zero-order chi connectivity index (χ0) is 19.2. The van der Waals surface area contributed by atoms with Crippen LogP contribution in [0.3, 0.4) is 0 Å². The summed E-state index contributed by atoms with van der Waals surface area (Å²) in [5.41, 5.74) is 0.418. The number of thiocarbonyl (C=S) groups is 1. The quantitative estimate of drug-likeness (QED) is 0.713. The van der Waals surface area contributed by atoms with Gasteiger partial charge in [-0.15, -0.1) is 0 Å². The number of alkyl halides is 3. The molecular formula is C18H19F3N2O2S. The lowest BCUT2D eigenvalue weighted by atomic mass is 10.2. The average molecular weight is 384 g/mol. The highest BCUT2D eigenvalue weighted by atomic mass is 32.1. The molecule has 0 radical (unpaired) electrons. The fourth-order valence-corrected chi connectivity index (χ4v) is 2.42. The summed E-state index contributed by atoms with van der Waals surface area (Å²) in [4.78, 5) is 0. The number of methoxy groups -OCH3 is 1. The SMILES string of the molecule is CCOc1ccc(CNC(=S)Nc2cccc(C(F)(F)F)c2)cc1OC. The predicted molar refractivity (Wildman–Crippen MR) is 98.7 cm³/mol. The third-order valence-electron chi connectivity index (χ3n) is 3.43. The first-order valence-electron chi connectivity index (χ1n) is 7.85. The van der Waals surface area contributed by atoms with Crippen molar-refractivity contribution in [2.24, 2.45) is 0 Å². The second-order valence-corrected chi connectivity index (χ2v) is 5.71. The molecule has 26 heavy (non-hydrogen) atoms. The number of halogens is 3. The van der Waals surface area contributed by atoms with Gasteiger partial charge in [0.05, 0.1) is 19.3 Å². The second-order valence-electron chi connectivity index (χ2n) is 5.30. The monoisotopic (exact) mass is 384 g/mol. The maximum Gasteiger partial charge on any atom is 0.416 e. The van der Waals surface area contributed by atoms with E-state index in [1.54, 1.807) is 13.2 Å². The molecule has 0 fully saturated rings. The molecule has 0 saturated heterocycles. The van der Waals surface area contributed by atoms with Gasteiger partial charge in [0.15, 0.2) is 16.6 Å². The Bertz CT molecular complexity index is 766. The van der Waals surface area contributed by atoms with Crippen molar-refractivity contribution in [3.05, 3.63) is 53.6 Å². The molecule has 0 aliphatic carbocycles. The Morgan fingerprint density at radius 3 is 2.54 bits per heavy atom. The van der Waals surface area contributed by atoms with Crippen molar-refractivity contribution in [3.8, 4) is 11.5 Å². The van der Waals surface area contributed by atoms with Crippen LogP contribution in [0.25, 0.3) is 0 Å². The first-order chi connectivity index (χ1) is 12.3. The lowest BCUT2D eigenvalue weighted by Gasteiger charge is -2.14. The molecule has 0 atom stereocenters. The van der Waals surface area contributed by atoms with Crippen LogP contribution in [0.4, 0.5) is 18.9 Å². The maximum absolute atomic E-state index is 12.7. The molecule has 2 aromatic rings. The molecule has 2 aromatic carbocycles. The molecule has 2 rings (SSSR count). The standard InChI is InChI=1S/C18H19F3N2O2S/c1-3-25-15-8-7-12(9-16(15)24-2)11-22-17(26)23-14-6-4-5-13(10-14)18(19,20)21/h4-10H,3,11H2,1-2H3,(H2,22,23,26). The Morgan fingerprint density at radius 1 is 1.12 bits per heavy atom. The fourth-order valence-electron chi connectivity index (χ4n) is 2.23. The van der Waals surface area contributed by atoms with Crippen LogP contribution in [0.5, 0.6) is 11.5 Å². The number of anilines is 1. The molecule has 140 valence electrons. The van der Waals surface area contributed by atoms with Gasteiger partial charge >= 0.3 is 6.18 Å². The van der Waals surface area contributed by atoms with E-state index >= 15 is 0 Å². The molecule has 8 heteroatoms. The van der Waals surface area contributed by atoms with E-state index in [2.05, 4.69) is 10.6 Å². The van der Waals surface area contributed by atoms with Crippen LogP contribution >= 0.6 is 12.2 Å². The smallest absolute Gasteiger partial charge is 0.416 e. The van der Waals surface area contributed by atoms with E-state index in [9.17, 15) is 13.2 Å². The van der Waals surface area contributed by atoms with Crippen molar-refractivity contribution in [1.29, 1.82) is 0 Å². The Labute approximate surface area is 155 Å². The Balaban J connectivity index is 1.97. The Kier molecular flexibility index (Phi) is 6.68. The molecular weight excluding hydrogens is 365 g/mol. The molecule has 0 saturated carbocycles. The molecule has 0 unspecified atom stereocenters. The van der Waals surface area contributed by atoms with E-state index in [4.69, 9.17) is 21.7 Å². The van der Waals surface area contributed by atoms with Gasteiger partial charge < -0.3 is 20.1 Å². The minimum Gasteiger partial charge on any atom is -0.493 e. The van der Waals surface area contributed by atoms with Crippen molar-refractivity contribution in [1.82, 2.24) is 5.32 Å². The number of nitrogens with one attached hydrogen (secondary N) is 2. The van der Waals surface area contributed by atoms with Crippen LogP contribution in [0.2, 0.25) is 0 Å². The average Bonchev–Trinajstić information content (AvgIpc) is 2.60. The molecule has 0 aliphatic rings. The minimum atomic E-state index is -4.40. The van der Waals surface area contributed by atoms with E-state index < -0.39 is 11.7 Å². The van der Waals surface area contributed by atoms with Crippen LogP contribution in [-0.2, 0) is 12.7 Å². The van der Waals surface area contributed by atoms with Crippen LogP contribution in [0.15, 0.2) is 42.5 Å². The largest absolute Gasteiger partial charge is 0.493 e. The van der Waals surface area contributed by atoms with Gasteiger partial charge in [0, 0.05) is 12.2 Å². The van der Waals surface area contributed by atoms with E-state index in [0.717, 1.165) is 17.7 Å². The maximum atomic E-state index is 12.7. The summed E-state index contributed by atoms with van der Waals surface area (Å²) in [6, 6.07) is 10.3. The van der Waals surface area contributed by atoms with Gasteiger partial charge in [0.25, 0.3) is 0 Å². The molecule has 2 N–H and O–H groups in total. The zero-order valence-corrected chi connectivity index (χ0v) is 15.1. The second kappa shape index (κ2) is 8.75. The third-order valence-corrected chi connectivity index (χ3v) is 3.68. The molecule has 0 heterocycles. The minimum absolute atomic E-state index is 0.220. The highest BCUT2D eigenvalue weighted by molar-refractivity contribution is 7.80. The number of hydrogen-bond donors (Lipinski definition) is 2. The highest BCUT2D eigenvalue weighted by Crippen LogP contribution is 2.30. The van der Waals surface area contributed by atoms with Crippen LogP contribution in [0.1, 0.15) is 18.1 Å². The van der Waals surface area contributed by atoms with Gasteiger partial charge in [-0.25, -0.2) is 0 Å². The summed E-state index contributed by atoms with van der Waals surface area (Å²) in [7, 11) is 1.55. The van der Waals surface area contributed by atoms with E-state index in [1.807, 2.05) is 19.1 Å². The summed E-state index contributed by atoms with van der Waals surface area (Å²) >= 11 is 5.14. The topological polar surface area (TPSA) is 42.5 Å².